The topological polar surface area (TPSA) is 94.6 Å². The molecule has 43 heavy (non-hydrogen) atoms. The van der Waals surface area contributed by atoms with Gasteiger partial charge < -0.3 is 23.8 Å². The van der Waals surface area contributed by atoms with E-state index in [1.165, 1.54) is 20.2 Å². The molecular formula is C31H37F3N2O7. The summed E-state index contributed by atoms with van der Waals surface area (Å²) in [5.41, 5.74) is 2.62. The summed E-state index contributed by atoms with van der Waals surface area (Å²) >= 11 is 0. The first kappa shape index (κ1) is 32.0. The fourth-order valence-corrected chi connectivity index (χ4v) is 5.07. The molecule has 12 heteroatoms. The van der Waals surface area contributed by atoms with Gasteiger partial charge in [-0.15, -0.1) is 13.2 Å². The van der Waals surface area contributed by atoms with Crippen molar-refractivity contribution in [3.8, 4) is 11.5 Å². The van der Waals surface area contributed by atoms with E-state index < -0.39 is 30.1 Å². The number of alkyl halides is 3. The molecule has 1 heterocycles. The third kappa shape index (κ3) is 7.91. The average Bonchev–Trinajstić information content (AvgIpc) is 3.66. The molecule has 2 aliphatic rings. The zero-order chi connectivity index (χ0) is 31.7. The van der Waals surface area contributed by atoms with Crippen LogP contribution >= 0.6 is 0 Å². The van der Waals surface area contributed by atoms with Gasteiger partial charge in [0.2, 0.25) is 5.91 Å². The number of methoxy groups -OCH3 is 1. The zero-order valence-electron chi connectivity index (χ0n) is 25.2. The van der Waals surface area contributed by atoms with E-state index in [9.17, 15) is 27.6 Å². The lowest BCUT2D eigenvalue weighted by atomic mass is 10.0. The second-order valence-electron chi connectivity index (χ2n) is 11.8. The minimum Gasteiger partial charge on any atom is -0.489 e. The molecule has 0 aromatic heterocycles. The van der Waals surface area contributed by atoms with Crippen LogP contribution < -0.4 is 14.4 Å². The number of fused-ring (bicyclic) bond motifs is 1. The molecule has 2 aromatic rings. The summed E-state index contributed by atoms with van der Waals surface area (Å²) in [6, 6.07) is 7.04. The fraction of sp³-hybridized carbons (Fsp3) is 0.516. The van der Waals surface area contributed by atoms with E-state index in [-0.39, 0.29) is 30.6 Å². The van der Waals surface area contributed by atoms with E-state index in [4.69, 9.17) is 14.2 Å². The van der Waals surface area contributed by atoms with Crippen LogP contribution in [0.3, 0.4) is 0 Å². The Balaban J connectivity index is 1.46. The number of hydrogen-bond acceptors (Lipinski definition) is 7. The number of likely N-dealkylation sites (N-methyl/N-ethyl adjacent to an activating group) is 1. The Kier molecular flexibility index (Phi) is 9.17. The normalized spacial score (nSPS) is 15.4. The third-order valence-electron chi connectivity index (χ3n) is 7.41. The van der Waals surface area contributed by atoms with Gasteiger partial charge in [-0.05, 0) is 93.3 Å². The molecule has 234 valence electrons. The van der Waals surface area contributed by atoms with Gasteiger partial charge in [0, 0.05) is 19.3 Å². The Morgan fingerprint density at radius 1 is 1.07 bits per heavy atom. The Morgan fingerprint density at radius 2 is 1.77 bits per heavy atom. The van der Waals surface area contributed by atoms with Crippen LogP contribution in [0.2, 0.25) is 0 Å². The van der Waals surface area contributed by atoms with Crippen LogP contribution in [-0.2, 0) is 32.1 Å². The number of carbonyl (C=O) groups is 3. The summed E-state index contributed by atoms with van der Waals surface area (Å²) in [4.78, 5) is 41.1. The molecule has 9 nitrogen and oxygen atoms in total. The van der Waals surface area contributed by atoms with Crippen molar-refractivity contribution in [2.24, 2.45) is 0 Å². The number of nitrogens with zero attached hydrogens (tertiary/aromatic N) is 2. The summed E-state index contributed by atoms with van der Waals surface area (Å²) in [6.45, 7) is 7.33. The lowest BCUT2D eigenvalue weighted by Gasteiger charge is -2.30. The minimum atomic E-state index is -4.79. The molecule has 0 saturated heterocycles. The summed E-state index contributed by atoms with van der Waals surface area (Å²) in [6.07, 6.45) is -3.64. The fourth-order valence-electron chi connectivity index (χ4n) is 5.07. The highest BCUT2D eigenvalue weighted by Crippen LogP contribution is 2.45. The number of amides is 2. The van der Waals surface area contributed by atoms with Crippen LogP contribution in [0, 0.1) is 6.92 Å². The first-order chi connectivity index (χ1) is 20.1. The monoisotopic (exact) mass is 606 g/mol. The van der Waals surface area contributed by atoms with E-state index in [1.54, 1.807) is 49.9 Å². The lowest BCUT2D eigenvalue weighted by Crippen LogP contribution is -2.48. The number of esters is 1. The maximum Gasteiger partial charge on any atom is 0.573 e. The molecule has 1 aliphatic heterocycles. The van der Waals surface area contributed by atoms with Gasteiger partial charge in [-0.3, -0.25) is 9.69 Å². The van der Waals surface area contributed by atoms with E-state index in [1.807, 2.05) is 6.92 Å². The predicted molar refractivity (Wildman–Crippen MR) is 151 cm³/mol. The Labute approximate surface area is 248 Å². The molecule has 1 atom stereocenters. The Hall–Kier alpha value is -3.96. The van der Waals surface area contributed by atoms with E-state index in [0.717, 1.165) is 28.9 Å². The van der Waals surface area contributed by atoms with Gasteiger partial charge in [0.05, 0.1) is 13.5 Å². The molecule has 1 saturated carbocycles. The first-order valence-corrected chi connectivity index (χ1v) is 14.1. The van der Waals surface area contributed by atoms with E-state index in [0.29, 0.717) is 35.5 Å². The quantitative estimate of drug-likeness (QED) is 0.322. The van der Waals surface area contributed by atoms with Crippen LogP contribution in [0.15, 0.2) is 30.3 Å². The summed E-state index contributed by atoms with van der Waals surface area (Å²) in [5, 5.41) is 0. The number of hydrogen-bond donors (Lipinski definition) is 0. The summed E-state index contributed by atoms with van der Waals surface area (Å²) in [5.74, 6) is -0.689. The minimum absolute atomic E-state index is 0.0270. The molecule has 0 N–H and O–H groups in total. The second-order valence-corrected chi connectivity index (χ2v) is 11.8. The molecule has 0 spiro atoms. The lowest BCUT2D eigenvalue weighted by molar-refractivity contribution is -0.274. The van der Waals surface area contributed by atoms with Crippen molar-refractivity contribution < 1.29 is 46.5 Å². The summed E-state index contributed by atoms with van der Waals surface area (Å²) < 4.78 is 59.5. The van der Waals surface area contributed by atoms with Crippen LogP contribution in [0.5, 0.6) is 11.5 Å². The number of halogens is 3. The van der Waals surface area contributed by atoms with Gasteiger partial charge in [-0.1, -0.05) is 12.1 Å². The van der Waals surface area contributed by atoms with Crippen LogP contribution in [0.25, 0.3) is 0 Å². The molecule has 0 radical (unpaired) electrons. The van der Waals surface area contributed by atoms with Gasteiger partial charge in [0.1, 0.15) is 29.7 Å². The number of carbonyl (C=O) groups excluding carboxylic acids is 3. The predicted octanol–water partition coefficient (Wildman–Crippen LogP) is 6.04. The number of anilines is 1. The van der Waals surface area contributed by atoms with E-state index in [2.05, 4.69) is 4.74 Å². The van der Waals surface area contributed by atoms with E-state index >= 15 is 0 Å². The first-order valence-electron chi connectivity index (χ1n) is 14.1. The van der Waals surface area contributed by atoms with Gasteiger partial charge >= 0.3 is 18.4 Å². The highest BCUT2D eigenvalue weighted by atomic mass is 19.4. The average molecular weight is 607 g/mol. The van der Waals surface area contributed by atoms with Crippen molar-refractivity contribution in [2.45, 2.75) is 83.9 Å². The maximum atomic E-state index is 13.4. The molecule has 1 fully saturated rings. The van der Waals surface area contributed by atoms with Gasteiger partial charge in [0.15, 0.2) is 0 Å². The van der Waals surface area contributed by atoms with Crippen LogP contribution in [0.1, 0.15) is 68.2 Å². The molecule has 4 rings (SSSR count). The van der Waals surface area contributed by atoms with Crippen molar-refractivity contribution in [1.82, 2.24) is 4.90 Å². The van der Waals surface area contributed by atoms with Crippen LogP contribution in [0.4, 0.5) is 23.7 Å². The van der Waals surface area contributed by atoms with Crippen molar-refractivity contribution in [1.29, 1.82) is 0 Å². The van der Waals surface area contributed by atoms with Crippen LogP contribution in [-0.4, -0.2) is 61.6 Å². The zero-order valence-corrected chi connectivity index (χ0v) is 25.2. The van der Waals surface area contributed by atoms with Crippen molar-refractivity contribution >= 4 is 23.7 Å². The third-order valence-corrected chi connectivity index (χ3v) is 7.41. The number of ether oxygens (including phenoxy) is 4. The highest BCUT2D eigenvalue weighted by molar-refractivity contribution is 5.99. The molecular weight excluding hydrogens is 569 g/mol. The van der Waals surface area contributed by atoms with Gasteiger partial charge in [-0.2, -0.15) is 0 Å². The molecule has 0 unspecified atom stereocenters. The van der Waals surface area contributed by atoms with Gasteiger partial charge in [0.25, 0.3) is 0 Å². The SMILES string of the molecule is COC(=O)[C@@H](CC(=O)N1CCc2c1ccc(OCc1ccc(C3CC3)c(OC(F)(F)F)c1)c2C)N(C)C(=O)OC(C)(C)C. The molecule has 0 bridgehead atoms. The highest BCUT2D eigenvalue weighted by Gasteiger charge is 2.37. The Bertz CT molecular complexity index is 1380. The Morgan fingerprint density at radius 3 is 2.37 bits per heavy atom. The molecule has 2 aromatic carbocycles. The van der Waals surface area contributed by atoms with Crippen molar-refractivity contribution in [3.63, 3.8) is 0 Å². The molecule has 1 aliphatic carbocycles. The van der Waals surface area contributed by atoms with Gasteiger partial charge in [-0.25, -0.2) is 9.59 Å². The largest absolute Gasteiger partial charge is 0.573 e. The number of rotatable bonds is 9. The summed E-state index contributed by atoms with van der Waals surface area (Å²) in [7, 11) is 2.57. The second kappa shape index (κ2) is 12.3. The molecule has 2 amide bonds. The van der Waals surface area contributed by atoms with Crippen molar-refractivity contribution in [3.05, 3.63) is 52.6 Å². The van der Waals surface area contributed by atoms with Crippen molar-refractivity contribution in [2.75, 3.05) is 25.6 Å². The number of benzene rings is 2. The maximum absolute atomic E-state index is 13.4. The standard InChI is InChI=1S/C31H37F3N2O7/c1-18-21-13-14-36(27(37)16-24(28(38)40-6)35(5)29(39)43-30(2,3)4)23(21)11-12-25(18)41-17-19-7-10-22(20-8-9-20)26(15-19)42-31(32,33)34/h7,10-12,15,20,24H,8-9,13-14,16-17H2,1-6H3/t24-/m1/s1. The smallest absolute Gasteiger partial charge is 0.489 e.